The highest BCUT2D eigenvalue weighted by Crippen LogP contribution is 2.29. The van der Waals surface area contributed by atoms with Gasteiger partial charge in [0, 0.05) is 18.3 Å². The number of hydrogen-bond acceptors (Lipinski definition) is 3. The summed E-state index contributed by atoms with van der Waals surface area (Å²) in [5.74, 6) is 0. The largest absolute Gasteiger partial charge is 0.416 e. The highest BCUT2D eigenvalue weighted by atomic mass is 32.2. The Morgan fingerprint density at radius 3 is 2.46 bits per heavy atom. The molecule has 0 spiro atoms. The smallest absolute Gasteiger partial charge is 0.241 e. The fraction of sp³-hybridized carbons (Fsp3) is 0.133. The minimum Gasteiger partial charge on any atom is -0.241 e. The monoisotopic (exact) mass is 355 g/mol. The fourth-order valence-electron chi connectivity index (χ4n) is 2.20. The summed E-state index contributed by atoms with van der Waals surface area (Å²) in [6.07, 6.45) is -1.25. The van der Waals surface area contributed by atoms with Crippen LogP contribution in [0.4, 0.5) is 13.2 Å². The summed E-state index contributed by atoms with van der Waals surface area (Å²) in [5.41, 5.74) is 0.503. The van der Waals surface area contributed by atoms with Gasteiger partial charge in [-0.25, -0.2) is 17.7 Å². The fourth-order valence-corrected chi connectivity index (χ4v) is 3.21. The Kier molecular flexibility index (Phi) is 4.06. The van der Waals surface area contributed by atoms with Gasteiger partial charge >= 0.3 is 6.18 Å². The number of fused-ring (bicyclic) bond motifs is 1. The number of aromatic nitrogens is 2. The van der Waals surface area contributed by atoms with Gasteiger partial charge in [-0.05, 0) is 36.4 Å². The Morgan fingerprint density at radius 1 is 1.08 bits per heavy atom. The van der Waals surface area contributed by atoms with Gasteiger partial charge < -0.3 is 0 Å². The number of sulfonamides is 1. The molecule has 0 saturated heterocycles. The third-order valence-electron chi connectivity index (χ3n) is 3.45. The predicted molar refractivity (Wildman–Crippen MR) is 80.7 cm³/mol. The van der Waals surface area contributed by atoms with E-state index < -0.39 is 21.8 Å². The number of rotatable bonds is 4. The third kappa shape index (κ3) is 3.26. The summed E-state index contributed by atoms with van der Waals surface area (Å²) < 4.78 is 65.9. The summed E-state index contributed by atoms with van der Waals surface area (Å²) >= 11 is 0. The number of nitrogens with one attached hydrogen (secondary N) is 1. The van der Waals surface area contributed by atoms with E-state index in [1.807, 2.05) is 0 Å². The van der Waals surface area contributed by atoms with Gasteiger partial charge in [-0.3, -0.25) is 0 Å². The van der Waals surface area contributed by atoms with E-state index in [9.17, 15) is 21.6 Å². The second kappa shape index (κ2) is 5.91. The first kappa shape index (κ1) is 16.5. The molecule has 0 amide bonds. The second-order valence-corrected chi connectivity index (χ2v) is 6.81. The van der Waals surface area contributed by atoms with Crippen LogP contribution in [0.3, 0.4) is 0 Å². The zero-order valence-electron chi connectivity index (χ0n) is 12.2. The van der Waals surface area contributed by atoms with Crippen molar-refractivity contribution in [1.82, 2.24) is 14.3 Å². The summed E-state index contributed by atoms with van der Waals surface area (Å²) in [6, 6.07) is 8.71. The molecule has 0 atom stereocenters. The maximum Gasteiger partial charge on any atom is 0.416 e. The molecular formula is C15H12F3N3O2S. The molecule has 0 radical (unpaired) electrons. The Hall–Kier alpha value is -2.39. The van der Waals surface area contributed by atoms with E-state index in [2.05, 4.69) is 9.82 Å². The van der Waals surface area contributed by atoms with Gasteiger partial charge in [0.15, 0.2) is 0 Å². The van der Waals surface area contributed by atoms with E-state index in [4.69, 9.17) is 0 Å². The molecule has 24 heavy (non-hydrogen) atoms. The maximum absolute atomic E-state index is 12.5. The normalized spacial score (nSPS) is 12.6. The van der Waals surface area contributed by atoms with Gasteiger partial charge in [0.05, 0.1) is 22.2 Å². The van der Waals surface area contributed by atoms with Crippen LogP contribution < -0.4 is 4.72 Å². The van der Waals surface area contributed by atoms with Crippen molar-refractivity contribution in [1.29, 1.82) is 0 Å². The highest BCUT2D eigenvalue weighted by Gasteiger charge is 2.30. The Morgan fingerprint density at radius 2 is 1.79 bits per heavy atom. The lowest BCUT2D eigenvalue weighted by Gasteiger charge is -2.09. The van der Waals surface area contributed by atoms with E-state index >= 15 is 0 Å². The van der Waals surface area contributed by atoms with E-state index in [0.717, 1.165) is 29.8 Å². The van der Waals surface area contributed by atoms with Crippen molar-refractivity contribution in [2.75, 3.05) is 0 Å². The van der Waals surface area contributed by atoms with Crippen molar-refractivity contribution < 1.29 is 21.6 Å². The van der Waals surface area contributed by atoms with Crippen LogP contribution in [0.1, 0.15) is 11.1 Å². The number of hydrogen-bond donors (Lipinski definition) is 1. The summed E-state index contributed by atoms with van der Waals surface area (Å²) in [7, 11) is -3.92. The first-order valence-electron chi connectivity index (χ1n) is 6.85. The molecule has 1 aromatic carbocycles. The predicted octanol–water partition coefficient (Wildman–Crippen LogP) is 2.83. The average molecular weight is 355 g/mol. The molecule has 126 valence electrons. The van der Waals surface area contributed by atoms with Gasteiger partial charge in [0.2, 0.25) is 10.0 Å². The second-order valence-electron chi connectivity index (χ2n) is 5.05. The Bertz CT molecular complexity index is 964. The SMILES string of the molecule is O=S(=O)(NCc1cnn2ccccc12)c1ccc(C(F)(F)F)cc1. The Balaban J connectivity index is 1.79. The minimum atomic E-state index is -4.51. The van der Waals surface area contributed by atoms with Crippen LogP contribution in [0.25, 0.3) is 5.52 Å². The van der Waals surface area contributed by atoms with Crippen LogP contribution >= 0.6 is 0 Å². The summed E-state index contributed by atoms with van der Waals surface area (Å²) in [4.78, 5) is -0.230. The molecule has 9 heteroatoms. The molecule has 0 fully saturated rings. The number of alkyl halides is 3. The molecule has 5 nitrogen and oxygen atoms in total. The molecule has 0 bridgehead atoms. The molecule has 0 aliphatic carbocycles. The number of nitrogens with zero attached hydrogens (tertiary/aromatic N) is 2. The molecule has 2 heterocycles. The highest BCUT2D eigenvalue weighted by molar-refractivity contribution is 7.89. The zero-order chi connectivity index (χ0) is 17.4. The zero-order valence-corrected chi connectivity index (χ0v) is 13.0. The molecule has 1 N–H and O–H groups in total. The number of benzene rings is 1. The maximum atomic E-state index is 12.5. The lowest BCUT2D eigenvalue weighted by molar-refractivity contribution is -0.137. The van der Waals surface area contributed by atoms with E-state index in [0.29, 0.717) is 5.56 Å². The Labute approximate surface area is 135 Å². The van der Waals surface area contributed by atoms with Crippen molar-refractivity contribution in [3.63, 3.8) is 0 Å². The van der Waals surface area contributed by atoms with Gasteiger partial charge in [-0.2, -0.15) is 18.3 Å². The van der Waals surface area contributed by atoms with Crippen molar-refractivity contribution in [3.05, 3.63) is 66.0 Å². The molecule has 3 rings (SSSR count). The van der Waals surface area contributed by atoms with Crippen LogP contribution in [0, 0.1) is 0 Å². The van der Waals surface area contributed by atoms with E-state index in [1.165, 1.54) is 6.20 Å². The quantitative estimate of drug-likeness (QED) is 0.783. The van der Waals surface area contributed by atoms with Gasteiger partial charge in [-0.1, -0.05) is 6.07 Å². The number of pyridine rings is 1. The third-order valence-corrected chi connectivity index (χ3v) is 4.87. The van der Waals surface area contributed by atoms with Gasteiger partial charge in [0.1, 0.15) is 0 Å². The summed E-state index contributed by atoms with van der Waals surface area (Å²) in [5, 5.41) is 4.09. The molecule has 2 aromatic heterocycles. The first-order chi connectivity index (χ1) is 11.3. The molecular weight excluding hydrogens is 343 g/mol. The average Bonchev–Trinajstić information content (AvgIpc) is 2.96. The van der Waals surface area contributed by atoms with Gasteiger partial charge in [-0.15, -0.1) is 0 Å². The van der Waals surface area contributed by atoms with E-state index in [1.54, 1.807) is 28.9 Å². The van der Waals surface area contributed by atoms with Crippen molar-refractivity contribution in [2.45, 2.75) is 17.6 Å². The number of halogens is 3. The van der Waals surface area contributed by atoms with E-state index in [-0.39, 0.29) is 11.4 Å². The van der Waals surface area contributed by atoms with Crippen LogP contribution in [0.5, 0.6) is 0 Å². The molecule has 0 aliphatic rings. The van der Waals surface area contributed by atoms with Crippen LogP contribution in [0.15, 0.2) is 59.8 Å². The summed E-state index contributed by atoms with van der Waals surface area (Å²) in [6.45, 7) is -0.0170. The van der Waals surface area contributed by atoms with Crippen LogP contribution in [-0.2, 0) is 22.7 Å². The first-order valence-corrected chi connectivity index (χ1v) is 8.34. The van der Waals surface area contributed by atoms with Crippen molar-refractivity contribution in [3.8, 4) is 0 Å². The molecule has 0 aliphatic heterocycles. The molecule has 3 aromatic rings. The van der Waals surface area contributed by atoms with Crippen LogP contribution in [-0.4, -0.2) is 18.0 Å². The van der Waals surface area contributed by atoms with Gasteiger partial charge in [0.25, 0.3) is 0 Å². The van der Waals surface area contributed by atoms with Crippen molar-refractivity contribution >= 4 is 15.5 Å². The standard InChI is InChI=1S/C15H12F3N3O2S/c16-15(17,18)12-4-6-13(7-5-12)24(22,23)20-10-11-9-19-21-8-2-1-3-14(11)21/h1-9,20H,10H2. The lowest BCUT2D eigenvalue weighted by atomic mass is 10.2. The van der Waals surface area contributed by atoms with Crippen molar-refractivity contribution in [2.24, 2.45) is 0 Å². The lowest BCUT2D eigenvalue weighted by Crippen LogP contribution is -2.23. The molecule has 0 unspecified atom stereocenters. The minimum absolute atomic E-state index is 0.0170. The molecule has 0 saturated carbocycles. The van der Waals surface area contributed by atoms with Crippen LogP contribution in [0.2, 0.25) is 0 Å². The topological polar surface area (TPSA) is 63.5 Å².